The first kappa shape index (κ1) is 13.9. The van der Waals surface area contributed by atoms with E-state index in [0.717, 1.165) is 5.52 Å². The zero-order valence-electron chi connectivity index (χ0n) is 10.3. The molecule has 0 bridgehead atoms. The van der Waals surface area contributed by atoms with Gasteiger partial charge >= 0.3 is 6.36 Å². The molecule has 21 heavy (non-hydrogen) atoms. The van der Waals surface area contributed by atoms with Crippen LogP contribution in [-0.2, 0) is 0 Å². The number of alkyl halides is 3. The van der Waals surface area contributed by atoms with E-state index in [1.54, 1.807) is 16.9 Å². The number of pyridine rings is 1. The van der Waals surface area contributed by atoms with E-state index in [1.807, 2.05) is 6.07 Å². The van der Waals surface area contributed by atoms with Crippen molar-refractivity contribution in [3.05, 3.63) is 47.2 Å². The van der Waals surface area contributed by atoms with Crippen LogP contribution in [0.2, 0.25) is 0 Å². The number of halogens is 4. The monoisotopic (exact) mass is 357 g/mol. The van der Waals surface area contributed by atoms with E-state index < -0.39 is 6.36 Å². The summed E-state index contributed by atoms with van der Waals surface area (Å²) in [6.45, 7) is 0. The van der Waals surface area contributed by atoms with Crippen LogP contribution in [0.1, 0.15) is 0 Å². The molecule has 0 aliphatic rings. The number of aromatic nitrogens is 3. The normalized spacial score (nSPS) is 11.8. The van der Waals surface area contributed by atoms with Crippen LogP contribution in [0.3, 0.4) is 0 Å². The zero-order chi connectivity index (χ0) is 15.0. The minimum Gasteiger partial charge on any atom is -0.406 e. The lowest BCUT2D eigenvalue weighted by Crippen LogP contribution is -2.17. The van der Waals surface area contributed by atoms with Crippen molar-refractivity contribution >= 4 is 27.0 Å². The Kier molecular flexibility index (Phi) is 3.32. The Bertz CT molecular complexity index is 783. The highest BCUT2D eigenvalue weighted by molar-refractivity contribution is 9.10. The molecule has 3 rings (SSSR count). The van der Waals surface area contributed by atoms with Crippen molar-refractivity contribution in [2.24, 2.45) is 0 Å². The Morgan fingerprint density at radius 1 is 1.10 bits per heavy atom. The predicted octanol–water partition coefficient (Wildman–Crippen LogP) is 4.08. The predicted molar refractivity (Wildman–Crippen MR) is 73.2 cm³/mol. The summed E-state index contributed by atoms with van der Waals surface area (Å²) in [6, 6.07) is 9.04. The molecule has 4 nitrogen and oxygen atoms in total. The highest BCUT2D eigenvalue weighted by Gasteiger charge is 2.31. The van der Waals surface area contributed by atoms with Crippen LogP contribution in [0.4, 0.5) is 13.2 Å². The van der Waals surface area contributed by atoms with Crippen molar-refractivity contribution in [2.45, 2.75) is 6.36 Å². The average Bonchev–Trinajstić information content (AvgIpc) is 2.76. The van der Waals surface area contributed by atoms with Gasteiger partial charge in [-0.3, -0.25) is 4.98 Å². The van der Waals surface area contributed by atoms with E-state index in [2.05, 4.69) is 30.7 Å². The van der Waals surface area contributed by atoms with Crippen molar-refractivity contribution in [1.29, 1.82) is 0 Å². The Labute approximate surface area is 125 Å². The molecule has 0 spiro atoms. The van der Waals surface area contributed by atoms with Gasteiger partial charge in [0.15, 0.2) is 4.60 Å². The Balaban J connectivity index is 2.00. The molecule has 2 heterocycles. The fourth-order valence-corrected chi connectivity index (χ4v) is 2.37. The van der Waals surface area contributed by atoms with E-state index in [9.17, 15) is 13.2 Å². The Morgan fingerprint density at radius 2 is 1.81 bits per heavy atom. The SMILES string of the molecule is FC(F)(F)Oc1ccc(-n2nc(Br)c3ncccc32)cc1. The third kappa shape index (κ3) is 2.85. The van der Waals surface area contributed by atoms with Gasteiger partial charge in [-0.25, -0.2) is 4.68 Å². The van der Waals surface area contributed by atoms with Crippen LogP contribution in [-0.4, -0.2) is 21.1 Å². The maximum Gasteiger partial charge on any atom is 0.573 e. The van der Waals surface area contributed by atoms with Gasteiger partial charge in [0.1, 0.15) is 11.3 Å². The molecule has 0 fully saturated rings. The number of hydrogen-bond donors (Lipinski definition) is 0. The molecule has 0 saturated heterocycles. The molecular weight excluding hydrogens is 351 g/mol. The maximum absolute atomic E-state index is 12.1. The number of benzene rings is 1. The lowest BCUT2D eigenvalue weighted by molar-refractivity contribution is -0.274. The van der Waals surface area contributed by atoms with Crippen LogP contribution in [0.25, 0.3) is 16.7 Å². The van der Waals surface area contributed by atoms with Gasteiger partial charge in [0.2, 0.25) is 0 Å². The fourth-order valence-electron chi connectivity index (χ4n) is 1.90. The summed E-state index contributed by atoms with van der Waals surface area (Å²) in [5, 5.41) is 4.27. The summed E-state index contributed by atoms with van der Waals surface area (Å²) in [6.07, 6.45) is -3.06. The number of hydrogen-bond acceptors (Lipinski definition) is 3. The van der Waals surface area contributed by atoms with Gasteiger partial charge in [0, 0.05) is 6.20 Å². The third-order valence-corrected chi connectivity index (χ3v) is 3.25. The van der Waals surface area contributed by atoms with Gasteiger partial charge in [0.05, 0.1) is 11.2 Å². The van der Waals surface area contributed by atoms with E-state index in [1.165, 1.54) is 24.3 Å². The Hall–Kier alpha value is -2.09. The minimum absolute atomic E-state index is 0.278. The lowest BCUT2D eigenvalue weighted by Gasteiger charge is -2.09. The first-order valence-corrected chi connectivity index (χ1v) is 6.59. The van der Waals surface area contributed by atoms with Crippen LogP contribution in [0.5, 0.6) is 5.75 Å². The second-order valence-electron chi connectivity index (χ2n) is 4.12. The number of fused-ring (bicyclic) bond motifs is 1. The van der Waals surface area contributed by atoms with Crippen molar-refractivity contribution in [1.82, 2.24) is 14.8 Å². The second-order valence-corrected chi connectivity index (χ2v) is 4.87. The molecule has 108 valence electrons. The molecule has 0 amide bonds. The molecule has 0 saturated carbocycles. The van der Waals surface area contributed by atoms with Crippen molar-refractivity contribution < 1.29 is 17.9 Å². The van der Waals surface area contributed by atoms with E-state index in [0.29, 0.717) is 15.8 Å². The largest absolute Gasteiger partial charge is 0.573 e. The summed E-state index contributed by atoms with van der Waals surface area (Å²) in [5.74, 6) is -0.278. The highest BCUT2D eigenvalue weighted by Crippen LogP contribution is 2.26. The molecule has 1 aromatic carbocycles. The Morgan fingerprint density at radius 3 is 2.48 bits per heavy atom. The second kappa shape index (κ2) is 5.03. The first-order valence-electron chi connectivity index (χ1n) is 5.79. The molecule has 3 aromatic rings. The highest BCUT2D eigenvalue weighted by atomic mass is 79.9. The van der Waals surface area contributed by atoms with Crippen molar-refractivity contribution in [3.63, 3.8) is 0 Å². The van der Waals surface area contributed by atoms with Gasteiger partial charge in [-0.2, -0.15) is 5.10 Å². The van der Waals surface area contributed by atoms with Crippen LogP contribution >= 0.6 is 15.9 Å². The van der Waals surface area contributed by atoms with Crippen LogP contribution < -0.4 is 4.74 Å². The minimum atomic E-state index is -4.70. The van der Waals surface area contributed by atoms with E-state index in [-0.39, 0.29) is 5.75 Å². The smallest absolute Gasteiger partial charge is 0.406 e. The van der Waals surface area contributed by atoms with Crippen LogP contribution in [0, 0.1) is 0 Å². The molecule has 0 atom stereocenters. The summed E-state index contributed by atoms with van der Waals surface area (Å²) >= 11 is 3.30. The molecule has 0 radical (unpaired) electrons. The summed E-state index contributed by atoms with van der Waals surface area (Å²) in [5.41, 5.74) is 2.02. The molecule has 0 aliphatic heterocycles. The van der Waals surface area contributed by atoms with Crippen molar-refractivity contribution in [2.75, 3.05) is 0 Å². The van der Waals surface area contributed by atoms with Crippen LogP contribution in [0.15, 0.2) is 47.2 Å². The van der Waals surface area contributed by atoms with Gasteiger partial charge < -0.3 is 4.74 Å². The average molecular weight is 358 g/mol. The van der Waals surface area contributed by atoms with Gasteiger partial charge in [-0.05, 0) is 52.3 Å². The number of nitrogens with zero attached hydrogens (tertiary/aromatic N) is 3. The van der Waals surface area contributed by atoms with Crippen molar-refractivity contribution in [3.8, 4) is 11.4 Å². The molecule has 0 aliphatic carbocycles. The van der Waals surface area contributed by atoms with E-state index in [4.69, 9.17) is 0 Å². The van der Waals surface area contributed by atoms with Gasteiger partial charge in [-0.15, -0.1) is 13.2 Å². The summed E-state index contributed by atoms with van der Waals surface area (Å²) in [7, 11) is 0. The number of rotatable bonds is 2. The van der Waals surface area contributed by atoms with E-state index >= 15 is 0 Å². The standard InChI is InChI=1S/C13H7BrF3N3O/c14-12-11-10(2-1-7-18-11)20(19-12)8-3-5-9(6-4-8)21-13(15,16)17/h1-7H. The molecule has 0 N–H and O–H groups in total. The third-order valence-electron chi connectivity index (χ3n) is 2.71. The summed E-state index contributed by atoms with van der Waals surface area (Å²) in [4.78, 5) is 4.19. The molecule has 8 heteroatoms. The number of ether oxygens (including phenoxy) is 1. The lowest BCUT2D eigenvalue weighted by atomic mass is 10.3. The van der Waals surface area contributed by atoms with Gasteiger partial charge in [0.25, 0.3) is 0 Å². The first-order chi connectivity index (χ1) is 9.94. The maximum atomic E-state index is 12.1. The quantitative estimate of drug-likeness (QED) is 0.693. The molecule has 0 unspecified atom stereocenters. The molecule has 2 aromatic heterocycles. The van der Waals surface area contributed by atoms with Gasteiger partial charge in [-0.1, -0.05) is 0 Å². The topological polar surface area (TPSA) is 39.9 Å². The zero-order valence-corrected chi connectivity index (χ0v) is 11.9. The summed E-state index contributed by atoms with van der Waals surface area (Å²) < 4.78 is 42.4. The fraction of sp³-hybridized carbons (Fsp3) is 0.0769. The molecular formula is C13H7BrF3N3O.